The number of methoxy groups -OCH3 is 2. The van der Waals surface area contributed by atoms with Crippen molar-refractivity contribution in [2.75, 3.05) is 20.8 Å². The molecule has 0 aliphatic heterocycles. The lowest BCUT2D eigenvalue weighted by Crippen LogP contribution is -2.34. The minimum absolute atomic E-state index is 0.00919. The summed E-state index contributed by atoms with van der Waals surface area (Å²) in [6.45, 7) is -0.221. The van der Waals surface area contributed by atoms with Crippen LogP contribution in [0.25, 0.3) is 0 Å². The number of nitrogens with zero attached hydrogens (tertiary/aromatic N) is 1. The van der Waals surface area contributed by atoms with Crippen LogP contribution >= 0.6 is 0 Å². The van der Waals surface area contributed by atoms with Gasteiger partial charge in [0.25, 0.3) is 11.8 Å². The Morgan fingerprint density at radius 3 is 2.50 bits per heavy atom. The lowest BCUT2D eigenvalue weighted by atomic mass is 10.2. The van der Waals surface area contributed by atoms with E-state index in [0.717, 1.165) is 0 Å². The van der Waals surface area contributed by atoms with E-state index in [0.29, 0.717) is 22.6 Å². The highest BCUT2D eigenvalue weighted by atomic mass is 16.5. The number of carbonyl (C=O) groups is 2. The van der Waals surface area contributed by atoms with Crippen LogP contribution < -0.4 is 20.2 Å². The predicted octanol–water partition coefficient (Wildman–Crippen LogP) is 1.29. The summed E-state index contributed by atoms with van der Waals surface area (Å²) in [5.74, 6) is 0.0883. The van der Waals surface area contributed by atoms with Crippen molar-refractivity contribution in [1.29, 1.82) is 0 Å². The molecule has 0 aromatic heterocycles. The topological polar surface area (TPSA) is 109 Å². The molecular weight excluding hydrogens is 338 g/mol. The minimum atomic E-state index is -0.478. The number of rotatable bonds is 7. The minimum Gasteiger partial charge on any atom is -0.504 e. The Labute approximate surface area is 150 Å². The molecule has 3 N–H and O–H groups in total. The van der Waals surface area contributed by atoms with Gasteiger partial charge in [-0.1, -0.05) is 0 Å². The van der Waals surface area contributed by atoms with Crippen LogP contribution in [0.15, 0.2) is 47.6 Å². The van der Waals surface area contributed by atoms with Gasteiger partial charge in [-0.05, 0) is 48.0 Å². The monoisotopic (exact) mass is 357 g/mol. The molecule has 0 unspecified atom stereocenters. The fourth-order valence-electron chi connectivity index (χ4n) is 2.00. The maximum Gasteiger partial charge on any atom is 0.259 e. The number of phenolic OH excluding ortho intramolecular Hbond substituents is 1. The number of aromatic hydroxyl groups is 1. The standard InChI is InChI=1S/C18H19N3O5/c1-25-14-6-4-13(5-7-14)18(24)19-11-17(23)21-20-10-12-3-8-15(22)16(9-12)26-2/h3-10,22H,11H2,1-2H3,(H,19,24)(H,21,23)/b20-10+. The molecule has 2 aromatic carbocycles. The van der Waals surface area contributed by atoms with Crippen LogP contribution in [-0.2, 0) is 4.79 Å². The van der Waals surface area contributed by atoms with Crippen LogP contribution in [0, 0.1) is 0 Å². The Bertz CT molecular complexity index is 803. The van der Waals surface area contributed by atoms with Gasteiger partial charge in [0.1, 0.15) is 5.75 Å². The summed E-state index contributed by atoms with van der Waals surface area (Å²) in [5.41, 5.74) is 3.34. The molecule has 2 rings (SSSR count). The van der Waals surface area contributed by atoms with Crippen molar-refractivity contribution in [3.63, 3.8) is 0 Å². The number of nitrogens with one attached hydrogen (secondary N) is 2. The summed E-state index contributed by atoms with van der Waals surface area (Å²) in [6.07, 6.45) is 1.39. The van der Waals surface area contributed by atoms with Crippen molar-refractivity contribution in [2.45, 2.75) is 0 Å². The molecule has 0 saturated carbocycles. The smallest absolute Gasteiger partial charge is 0.259 e. The van der Waals surface area contributed by atoms with Gasteiger partial charge < -0.3 is 19.9 Å². The first-order valence-corrected chi connectivity index (χ1v) is 7.64. The summed E-state index contributed by atoms with van der Waals surface area (Å²) in [7, 11) is 2.97. The average molecular weight is 357 g/mol. The molecule has 0 radical (unpaired) electrons. The second-order valence-corrected chi connectivity index (χ2v) is 5.14. The third-order valence-corrected chi connectivity index (χ3v) is 3.37. The second-order valence-electron chi connectivity index (χ2n) is 5.14. The maximum atomic E-state index is 11.9. The number of carbonyl (C=O) groups excluding carboxylic acids is 2. The van der Waals surface area contributed by atoms with E-state index in [1.54, 1.807) is 36.4 Å². The van der Waals surface area contributed by atoms with Gasteiger partial charge in [-0.25, -0.2) is 5.43 Å². The number of amides is 2. The third kappa shape index (κ3) is 5.23. The molecule has 2 aromatic rings. The normalized spacial score (nSPS) is 10.4. The SMILES string of the molecule is COc1ccc(C(=O)NCC(=O)N/N=C/c2ccc(O)c(OC)c2)cc1. The molecule has 8 nitrogen and oxygen atoms in total. The predicted molar refractivity (Wildman–Crippen MR) is 95.7 cm³/mol. The van der Waals surface area contributed by atoms with E-state index in [2.05, 4.69) is 15.8 Å². The van der Waals surface area contributed by atoms with E-state index >= 15 is 0 Å². The molecule has 0 atom stereocenters. The first kappa shape index (κ1) is 18.8. The highest BCUT2D eigenvalue weighted by Crippen LogP contribution is 2.25. The summed E-state index contributed by atoms with van der Waals surface area (Å²) in [4.78, 5) is 23.7. The van der Waals surface area contributed by atoms with Gasteiger partial charge in [0, 0.05) is 5.56 Å². The van der Waals surface area contributed by atoms with Crippen molar-refractivity contribution < 1.29 is 24.2 Å². The van der Waals surface area contributed by atoms with Crippen LogP contribution in [0.3, 0.4) is 0 Å². The zero-order valence-corrected chi connectivity index (χ0v) is 14.4. The van der Waals surface area contributed by atoms with Crippen molar-refractivity contribution in [3.8, 4) is 17.2 Å². The Kier molecular flexibility index (Phi) is 6.55. The van der Waals surface area contributed by atoms with Crippen LogP contribution in [0.5, 0.6) is 17.2 Å². The number of ether oxygens (including phenoxy) is 2. The fourth-order valence-corrected chi connectivity index (χ4v) is 2.00. The highest BCUT2D eigenvalue weighted by molar-refractivity contribution is 5.96. The number of benzene rings is 2. The Balaban J connectivity index is 1.82. The molecule has 0 aliphatic carbocycles. The van der Waals surface area contributed by atoms with Gasteiger partial charge in [0.05, 0.1) is 27.0 Å². The van der Waals surface area contributed by atoms with E-state index in [1.807, 2.05) is 0 Å². The maximum absolute atomic E-state index is 11.9. The van der Waals surface area contributed by atoms with Crippen molar-refractivity contribution in [3.05, 3.63) is 53.6 Å². The molecule has 0 saturated heterocycles. The molecule has 0 fully saturated rings. The van der Waals surface area contributed by atoms with Crippen molar-refractivity contribution in [2.24, 2.45) is 5.10 Å². The molecule has 0 heterocycles. The second kappa shape index (κ2) is 9.07. The van der Waals surface area contributed by atoms with E-state index in [4.69, 9.17) is 9.47 Å². The zero-order chi connectivity index (χ0) is 18.9. The number of hydrogen-bond acceptors (Lipinski definition) is 6. The number of hydrogen-bond donors (Lipinski definition) is 3. The summed E-state index contributed by atoms with van der Waals surface area (Å²) in [5, 5.41) is 15.8. The average Bonchev–Trinajstić information content (AvgIpc) is 2.67. The van der Waals surface area contributed by atoms with Crippen molar-refractivity contribution in [1.82, 2.24) is 10.7 Å². The molecule has 2 amide bonds. The van der Waals surface area contributed by atoms with Crippen LogP contribution in [-0.4, -0.2) is 43.9 Å². The molecular formula is C18H19N3O5. The summed E-state index contributed by atoms with van der Waals surface area (Å²) in [6, 6.07) is 11.1. The fraction of sp³-hybridized carbons (Fsp3) is 0.167. The Hall–Kier alpha value is -3.55. The van der Waals surface area contributed by atoms with Crippen LogP contribution in [0.2, 0.25) is 0 Å². The van der Waals surface area contributed by atoms with E-state index < -0.39 is 5.91 Å². The first-order valence-electron chi connectivity index (χ1n) is 7.64. The van der Waals surface area contributed by atoms with Gasteiger partial charge in [0.15, 0.2) is 11.5 Å². The van der Waals surface area contributed by atoms with Gasteiger partial charge in [-0.3, -0.25) is 9.59 Å². The van der Waals surface area contributed by atoms with Gasteiger partial charge in [0.2, 0.25) is 0 Å². The van der Waals surface area contributed by atoms with Gasteiger partial charge in [-0.2, -0.15) is 5.10 Å². The van der Waals surface area contributed by atoms with E-state index in [1.165, 1.54) is 26.5 Å². The zero-order valence-electron chi connectivity index (χ0n) is 14.4. The highest BCUT2D eigenvalue weighted by Gasteiger charge is 2.07. The molecule has 0 aliphatic rings. The molecule has 0 bridgehead atoms. The van der Waals surface area contributed by atoms with E-state index in [9.17, 15) is 14.7 Å². The van der Waals surface area contributed by atoms with Crippen molar-refractivity contribution >= 4 is 18.0 Å². The van der Waals surface area contributed by atoms with Crippen LogP contribution in [0.4, 0.5) is 0 Å². The van der Waals surface area contributed by atoms with Gasteiger partial charge in [-0.15, -0.1) is 0 Å². The largest absolute Gasteiger partial charge is 0.504 e. The van der Waals surface area contributed by atoms with Crippen LogP contribution in [0.1, 0.15) is 15.9 Å². The number of hydrazone groups is 1. The quantitative estimate of drug-likeness (QED) is 0.511. The van der Waals surface area contributed by atoms with Gasteiger partial charge >= 0.3 is 0 Å². The van der Waals surface area contributed by atoms with E-state index in [-0.39, 0.29) is 18.2 Å². The Morgan fingerprint density at radius 2 is 1.85 bits per heavy atom. The third-order valence-electron chi connectivity index (χ3n) is 3.37. The Morgan fingerprint density at radius 1 is 1.12 bits per heavy atom. The summed E-state index contributed by atoms with van der Waals surface area (Å²) >= 11 is 0. The molecule has 0 spiro atoms. The molecule has 136 valence electrons. The lowest BCUT2D eigenvalue weighted by Gasteiger charge is -2.05. The molecule has 26 heavy (non-hydrogen) atoms. The molecule has 8 heteroatoms. The summed E-state index contributed by atoms with van der Waals surface area (Å²) < 4.78 is 10.00. The number of phenols is 1. The lowest BCUT2D eigenvalue weighted by molar-refractivity contribution is -0.120. The first-order chi connectivity index (χ1) is 12.5.